The minimum atomic E-state index is -0.0797. The topological polar surface area (TPSA) is 41.1 Å². The Kier molecular flexibility index (Phi) is 4.68. The van der Waals surface area contributed by atoms with Gasteiger partial charge < -0.3 is 10.6 Å². The van der Waals surface area contributed by atoms with Crippen LogP contribution in [-0.4, -0.2) is 24.5 Å². The number of carbonyl (C=O) groups excluding carboxylic acids is 1. The van der Waals surface area contributed by atoms with E-state index in [4.69, 9.17) is 11.6 Å². The minimum Gasteiger partial charge on any atom is -0.335 e. The van der Waals surface area contributed by atoms with Crippen LogP contribution >= 0.6 is 11.6 Å². The molecule has 1 saturated carbocycles. The van der Waals surface area contributed by atoms with Crippen molar-refractivity contribution in [1.82, 2.24) is 10.6 Å². The molecule has 0 spiro atoms. The van der Waals surface area contributed by atoms with E-state index >= 15 is 0 Å². The van der Waals surface area contributed by atoms with Crippen molar-refractivity contribution in [2.24, 2.45) is 0 Å². The smallest absolute Gasteiger partial charge is 0.315 e. The van der Waals surface area contributed by atoms with Gasteiger partial charge in [-0.2, -0.15) is 0 Å². The summed E-state index contributed by atoms with van der Waals surface area (Å²) in [4.78, 5) is 11.1. The number of halogens is 1. The Bertz CT molecular complexity index is 190. The summed E-state index contributed by atoms with van der Waals surface area (Å²) in [6.07, 6.45) is 7.12. The summed E-state index contributed by atoms with van der Waals surface area (Å²) in [5.41, 5.74) is 0. The Morgan fingerprint density at radius 1 is 1.46 bits per heavy atom. The monoisotopic (exact) mass is 202 g/mol. The lowest BCUT2D eigenvalue weighted by Gasteiger charge is -2.26. The van der Waals surface area contributed by atoms with Gasteiger partial charge in [0, 0.05) is 18.5 Å². The van der Waals surface area contributed by atoms with Crippen molar-refractivity contribution >= 4 is 17.6 Å². The van der Waals surface area contributed by atoms with Crippen LogP contribution in [0.25, 0.3) is 0 Å². The normalized spacial score (nSPS) is 17.0. The Balaban J connectivity index is 2.00. The molecule has 0 radical (unpaired) electrons. The molecule has 0 bridgehead atoms. The summed E-state index contributed by atoms with van der Waals surface area (Å²) in [6.45, 7) is 0.547. The standard InChI is InChI=1S/C9H15ClN2O/c10-6-1-2-7-11-9(13)12-8-4-3-5-8/h1-2,8H,3-7H2,(H2,11,12,13)/b2-1+. The van der Waals surface area contributed by atoms with Crippen molar-refractivity contribution in [3.63, 3.8) is 0 Å². The molecule has 1 rings (SSSR count). The minimum absolute atomic E-state index is 0.0797. The predicted molar refractivity (Wildman–Crippen MR) is 54.0 cm³/mol. The van der Waals surface area contributed by atoms with Crippen LogP contribution in [0.4, 0.5) is 4.79 Å². The van der Waals surface area contributed by atoms with Gasteiger partial charge in [0.05, 0.1) is 0 Å². The largest absolute Gasteiger partial charge is 0.335 e. The van der Waals surface area contributed by atoms with Crippen molar-refractivity contribution < 1.29 is 4.79 Å². The van der Waals surface area contributed by atoms with Crippen LogP contribution in [-0.2, 0) is 0 Å². The van der Waals surface area contributed by atoms with Crippen molar-refractivity contribution in [2.75, 3.05) is 12.4 Å². The molecule has 0 saturated heterocycles. The van der Waals surface area contributed by atoms with E-state index < -0.39 is 0 Å². The third kappa shape index (κ3) is 4.18. The van der Waals surface area contributed by atoms with Gasteiger partial charge in [-0.25, -0.2) is 4.79 Å². The number of alkyl halides is 1. The lowest BCUT2D eigenvalue weighted by atomic mass is 9.93. The van der Waals surface area contributed by atoms with Crippen molar-refractivity contribution in [3.8, 4) is 0 Å². The molecule has 3 nitrogen and oxygen atoms in total. The second-order valence-electron chi connectivity index (χ2n) is 3.11. The average molecular weight is 203 g/mol. The molecule has 2 N–H and O–H groups in total. The summed E-state index contributed by atoms with van der Waals surface area (Å²) < 4.78 is 0. The summed E-state index contributed by atoms with van der Waals surface area (Å²) in [7, 11) is 0. The predicted octanol–water partition coefficient (Wildman–Crippen LogP) is 1.63. The van der Waals surface area contributed by atoms with Crippen LogP contribution in [0.1, 0.15) is 19.3 Å². The molecule has 0 unspecified atom stereocenters. The Hall–Kier alpha value is -0.700. The lowest BCUT2D eigenvalue weighted by molar-refractivity contribution is 0.229. The van der Waals surface area contributed by atoms with Gasteiger partial charge in [0.15, 0.2) is 0 Å². The lowest BCUT2D eigenvalue weighted by Crippen LogP contribution is -2.45. The van der Waals surface area contributed by atoms with E-state index in [2.05, 4.69) is 10.6 Å². The molecular weight excluding hydrogens is 188 g/mol. The van der Waals surface area contributed by atoms with Crippen LogP contribution < -0.4 is 10.6 Å². The second kappa shape index (κ2) is 5.86. The molecule has 2 amide bonds. The average Bonchev–Trinajstić information content (AvgIpc) is 2.06. The molecule has 1 aliphatic rings. The van der Waals surface area contributed by atoms with E-state index in [0.29, 0.717) is 18.5 Å². The molecular formula is C9H15ClN2O. The zero-order valence-corrected chi connectivity index (χ0v) is 8.31. The van der Waals surface area contributed by atoms with Gasteiger partial charge in [0.25, 0.3) is 0 Å². The third-order valence-corrected chi connectivity index (χ3v) is 2.25. The summed E-state index contributed by atoms with van der Waals surface area (Å²) in [5.74, 6) is 0.492. The van der Waals surface area contributed by atoms with Crippen LogP contribution in [0.5, 0.6) is 0 Å². The molecule has 0 heterocycles. The van der Waals surface area contributed by atoms with Gasteiger partial charge in [-0.1, -0.05) is 12.2 Å². The fourth-order valence-electron chi connectivity index (χ4n) is 1.09. The van der Waals surface area contributed by atoms with Gasteiger partial charge in [-0.15, -0.1) is 11.6 Å². The summed E-state index contributed by atoms with van der Waals surface area (Å²) in [6, 6.07) is 0.320. The van der Waals surface area contributed by atoms with Gasteiger partial charge in [-0.3, -0.25) is 0 Å². The van der Waals surface area contributed by atoms with Crippen LogP contribution in [0.15, 0.2) is 12.2 Å². The quantitative estimate of drug-likeness (QED) is 0.528. The molecule has 13 heavy (non-hydrogen) atoms. The van der Waals surface area contributed by atoms with E-state index in [-0.39, 0.29) is 6.03 Å². The molecule has 0 aromatic rings. The first-order valence-corrected chi connectivity index (χ1v) is 5.11. The Morgan fingerprint density at radius 3 is 2.77 bits per heavy atom. The maximum Gasteiger partial charge on any atom is 0.315 e. The van der Waals surface area contributed by atoms with Crippen molar-refractivity contribution in [1.29, 1.82) is 0 Å². The van der Waals surface area contributed by atoms with Crippen LogP contribution in [0.2, 0.25) is 0 Å². The number of hydrogen-bond acceptors (Lipinski definition) is 1. The molecule has 0 aromatic heterocycles. The Labute approximate surface area is 83.5 Å². The number of nitrogens with one attached hydrogen (secondary N) is 2. The highest BCUT2D eigenvalue weighted by Gasteiger charge is 2.18. The maximum atomic E-state index is 11.1. The van der Waals surface area contributed by atoms with E-state index in [0.717, 1.165) is 12.8 Å². The molecule has 1 aliphatic carbocycles. The summed E-state index contributed by atoms with van der Waals surface area (Å²) >= 11 is 5.42. The zero-order valence-electron chi connectivity index (χ0n) is 7.55. The van der Waals surface area contributed by atoms with Crippen LogP contribution in [0.3, 0.4) is 0 Å². The second-order valence-corrected chi connectivity index (χ2v) is 3.42. The first-order chi connectivity index (χ1) is 6.33. The van der Waals surface area contributed by atoms with E-state index in [1.165, 1.54) is 6.42 Å². The van der Waals surface area contributed by atoms with E-state index in [9.17, 15) is 4.79 Å². The number of hydrogen-bond donors (Lipinski definition) is 2. The molecule has 1 fully saturated rings. The maximum absolute atomic E-state index is 11.1. The van der Waals surface area contributed by atoms with Crippen molar-refractivity contribution in [2.45, 2.75) is 25.3 Å². The first-order valence-electron chi connectivity index (χ1n) is 4.58. The van der Waals surface area contributed by atoms with E-state index in [1.54, 1.807) is 0 Å². The highest BCUT2D eigenvalue weighted by Crippen LogP contribution is 2.17. The van der Waals surface area contributed by atoms with Gasteiger partial charge in [0.1, 0.15) is 0 Å². The van der Waals surface area contributed by atoms with Gasteiger partial charge in [0.2, 0.25) is 0 Å². The number of amides is 2. The van der Waals surface area contributed by atoms with Gasteiger partial charge in [-0.05, 0) is 19.3 Å². The number of urea groups is 1. The highest BCUT2D eigenvalue weighted by atomic mass is 35.5. The SMILES string of the molecule is O=C(NC/C=C/CCl)NC1CCC1. The fourth-order valence-corrected chi connectivity index (χ4v) is 1.21. The first kappa shape index (κ1) is 10.4. The van der Waals surface area contributed by atoms with E-state index in [1.807, 2.05) is 12.2 Å². The van der Waals surface area contributed by atoms with Gasteiger partial charge >= 0.3 is 6.03 Å². The molecule has 74 valence electrons. The number of allylic oxidation sites excluding steroid dienone is 1. The molecule has 0 atom stereocenters. The van der Waals surface area contributed by atoms with Crippen molar-refractivity contribution in [3.05, 3.63) is 12.2 Å². The number of carbonyl (C=O) groups is 1. The Morgan fingerprint density at radius 2 is 2.23 bits per heavy atom. The number of rotatable bonds is 4. The highest BCUT2D eigenvalue weighted by molar-refractivity contribution is 6.18. The molecule has 0 aliphatic heterocycles. The fraction of sp³-hybridized carbons (Fsp3) is 0.667. The third-order valence-electron chi connectivity index (χ3n) is 2.08. The molecule has 0 aromatic carbocycles. The zero-order chi connectivity index (χ0) is 9.52. The molecule has 4 heteroatoms. The summed E-state index contributed by atoms with van der Waals surface area (Å²) in [5, 5.41) is 5.60. The van der Waals surface area contributed by atoms with Crippen LogP contribution in [0, 0.1) is 0 Å².